The van der Waals surface area contributed by atoms with Crippen molar-refractivity contribution >= 4 is 10.9 Å². The third-order valence-electron chi connectivity index (χ3n) is 3.38. The standard InChI is InChI=1S/C13H17N3O/c14-10-2-1-3-11(7-10)17-12-4-5-13-9(6-12)8-15-16-13/h4-6,8,10-11H,1-3,7,14H2,(H,15,16)/t10-,11+/m0/s1. The minimum absolute atomic E-state index is 0.267. The Morgan fingerprint density at radius 3 is 3.18 bits per heavy atom. The van der Waals surface area contributed by atoms with E-state index in [0.717, 1.165) is 35.9 Å². The molecule has 0 radical (unpaired) electrons. The van der Waals surface area contributed by atoms with Gasteiger partial charge in [0.05, 0.1) is 11.7 Å². The van der Waals surface area contributed by atoms with Crippen molar-refractivity contribution in [3.63, 3.8) is 0 Å². The van der Waals surface area contributed by atoms with Gasteiger partial charge in [-0.1, -0.05) is 0 Å². The normalized spacial score (nSPS) is 25.0. The molecule has 0 aliphatic heterocycles. The lowest BCUT2D eigenvalue weighted by atomic mass is 9.93. The molecule has 0 amide bonds. The molecule has 2 atom stereocenters. The monoisotopic (exact) mass is 231 g/mol. The lowest BCUT2D eigenvalue weighted by Gasteiger charge is -2.27. The van der Waals surface area contributed by atoms with Crippen molar-refractivity contribution < 1.29 is 4.74 Å². The number of fused-ring (bicyclic) bond motifs is 1. The number of nitrogens with zero attached hydrogens (tertiary/aromatic N) is 1. The molecule has 1 saturated carbocycles. The van der Waals surface area contributed by atoms with Crippen LogP contribution in [0.25, 0.3) is 10.9 Å². The Balaban J connectivity index is 1.75. The van der Waals surface area contributed by atoms with E-state index in [2.05, 4.69) is 10.2 Å². The molecular formula is C13H17N3O. The van der Waals surface area contributed by atoms with E-state index >= 15 is 0 Å². The number of benzene rings is 1. The Bertz CT molecular complexity index is 508. The topological polar surface area (TPSA) is 63.9 Å². The second kappa shape index (κ2) is 4.37. The van der Waals surface area contributed by atoms with Gasteiger partial charge in [0, 0.05) is 11.4 Å². The van der Waals surface area contributed by atoms with Crippen LogP contribution in [0.15, 0.2) is 24.4 Å². The van der Waals surface area contributed by atoms with Crippen LogP contribution in [0.2, 0.25) is 0 Å². The second-order valence-corrected chi connectivity index (χ2v) is 4.79. The summed E-state index contributed by atoms with van der Waals surface area (Å²) < 4.78 is 5.98. The number of nitrogens with one attached hydrogen (secondary N) is 1. The number of ether oxygens (including phenoxy) is 1. The number of hydrogen-bond donors (Lipinski definition) is 2. The summed E-state index contributed by atoms with van der Waals surface area (Å²) in [4.78, 5) is 0. The molecule has 1 aliphatic carbocycles. The van der Waals surface area contributed by atoms with Crippen LogP contribution in [0.4, 0.5) is 0 Å². The lowest BCUT2D eigenvalue weighted by Crippen LogP contribution is -2.33. The Morgan fingerprint density at radius 2 is 2.29 bits per heavy atom. The summed E-state index contributed by atoms with van der Waals surface area (Å²) >= 11 is 0. The number of hydrogen-bond acceptors (Lipinski definition) is 3. The van der Waals surface area contributed by atoms with Gasteiger partial charge < -0.3 is 10.5 Å². The van der Waals surface area contributed by atoms with E-state index in [1.165, 1.54) is 6.42 Å². The van der Waals surface area contributed by atoms with Crippen molar-refractivity contribution in [2.45, 2.75) is 37.8 Å². The zero-order chi connectivity index (χ0) is 11.7. The molecule has 1 fully saturated rings. The van der Waals surface area contributed by atoms with Crippen molar-refractivity contribution in [2.75, 3.05) is 0 Å². The zero-order valence-electron chi connectivity index (χ0n) is 9.73. The highest BCUT2D eigenvalue weighted by atomic mass is 16.5. The number of nitrogens with two attached hydrogens (primary N) is 1. The van der Waals surface area contributed by atoms with Gasteiger partial charge in [-0.05, 0) is 43.9 Å². The minimum Gasteiger partial charge on any atom is -0.490 e. The Morgan fingerprint density at radius 1 is 1.35 bits per heavy atom. The molecule has 1 aromatic heterocycles. The van der Waals surface area contributed by atoms with Crippen LogP contribution in [-0.2, 0) is 0 Å². The molecule has 3 rings (SSSR count). The molecule has 3 N–H and O–H groups in total. The fourth-order valence-corrected chi connectivity index (χ4v) is 2.47. The maximum Gasteiger partial charge on any atom is 0.120 e. The van der Waals surface area contributed by atoms with Crippen LogP contribution >= 0.6 is 0 Å². The highest BCUT2D eigenvalue weighted by molar-refractivity contribution is 5.79. The van der Waals surface area contributed by atoms with Gasteiger partial charge in [0.1, 0.15) is 11.9 Å². The van der Waals surface area contributed by atoms with Crippen LogP contribution in [0.1, 0.15) is 25.7 Å². The highest BCUT2D eigenvalue weighted by Gasteiger charge is 2.20. The van der Waals surface area contributed by atoms with Gasteiger partial charge in [-0.3, -0.25) is 5.10 Å². The first kappa shape index (κ1) is 10.6. The van der Waals surface area contributed by atoms with Gasteiger partial charge in [-0.25, -0.2) is 0 Å². The largest absolute Gasteiger partial charge is 0.490 e. The SMILES string of the molecule is N[C@H]1CCC[C@@H](Oc2ccc3[nH]ncc3c2)C1. The average molecular weight is 231 g/mol. The van der Waals surface area contributed by atoms with Crippen LogP contribution in [-0.4, -0.2) is 22.3 Å². The summed E-state index contributed by atoms with van der Waals surface area (Å²) in [7, 11) is 0. The van der Waals surface area contributed by atoms with Crippen LogP contribution in [0.5, 0.6) is 5.75 Å². The molecule has 0 bridgehead atoms. The predicted octanol–water partition coefficient (Wildman–Crippen LogP) is 2.21. The van der Waals surface area contributed by atoms with Gasteiger partial charge in [0.25, 0.3) is 0 Å². The van der Waals surface area contributed by atoms with Crippen molar-refractivity contribution in [3.8, 4) is 5.75 Å². The summed E-state index contributed by atoms with van der Waals surface area (Å²) in [5.74, 6) is 0.915. The molecule has 1 aliphatic rings. The number of aromatic amines is 1. The summed E-state index contributed by atoms with van der Waals surface area (Å²) in [6, 6.07) is 6.31. The fraction of sp³-hybridized carbons (Fsp3) is 0.462. The maximum atomic E-state index is 5.98. The minimum atomic E-state index is 0.267. The number of aromatic nitrogens is 2. The maximum absolute atomic E-state index is 5.98. The number of rotatable bonds is 2. The quantitative estimate of drug-likeness (QED) is 0.833. The molecular weight excluding hydrogens is 214 g/mol. The molecule has 4 nitrogen and oxygen atoms in total. The van der Waals surface area contributed by atoms with E-state index in [-0.39, 0.29) is 6.10 Å². The molecule has 0 unspecified atom stereocenters. The average Bonchev–Trinajstić information content (AvgIpc) is 2.76. The summed E-state index contributed by atoms with van der Waals surface area (Å²) in [5, 5.41) is 8.02. The summed E-state index contributed by atoms with van der Waals surface area (Å²) in [5.41, 5.74) is 7.00. The third kappa shape index (κ3) is 2.26. The Kier molecular flexibility index (Phi) is 2.73. The van der Waals surface area contributed by atoms with Gasteiger partial charge in [-0.15, -0.1) is 0 Å². The van der Waals surface area contributed by atoms with Crippen LogP contribution in [0, 0.1) is 0 Å². The first-order valence-corrected chi connectivity index (χ1v) is 6.16. The Labute approximate surface area is 100 Å². The van der Waals surface area contributed by atoms with Gasteiger partial charge in [-0.2, -0.15) is 5.10 Å². The van der Waals surface area contributed by atoms with Crippen LogP contribution < -0.4 is 10.5 Å². The van der Waals surface area contributed by atoms with E-state index in [4.69, 9.17) is 10.5 Å². The highest BCUT2D eigenvalue weighted by Crippen LogP contribution is 2.25. The molecule has 2 aromatic rings. The zero-order valence-corrected chi connectivity index (χ0v) is 9.73. The molecule has 1 heterocycles. The van der Waals surface area contributed by atoms with E-state index in [1.54, 1.807) is 0 Å². The van der Waals surface area contributed by atoms with E-state index < -0.39 is 0 Å². The van der Waals surface area contributed by atoms with Gasteiger partial charge in [0.2, 0.25) is 0 Å². The smallest absolute Gasteiger partial charge is 0.120 e. The molecule has 90 valence electrons. The second-order valence-electron chi connectivity index (χ2n) is 4.79. The molecule has 17 heavy (non-hydrogen) atoms. The van der Waals surface area contributed by atoms with E-state index in [9.17, 15) is 0 Å². The third-order valence-corrected chi connectivity index (χ3v) is 3.38. The van der Waals surface area contributed by atoms with Crippen molar-refractivity contribution in [3.05, 3.63) is 24.4 Å². The lowest BCUT2D eigenvalue weighted by molar-refractivity contribution is 0.144. The first-order valence-electron chi connectivity index (χ1n) is 6.16. The van der Waals surface area contributed by atoms with E-state index in [0.29, 0.717) is 6.04 Å². The number of H-pyrrole nitrogens is 1. The first-order chi connectivity index (χ1) is 8.31. The molecule has 1 aromatic carbocycles. The van der Waals surface area contributed by atoms with Gasteiger partial charge >= 0.3 is 0 Å². The fourth-order valence-electron chi connectivity index (χ4n) is 2.47. The van der Waals surface area contributed by atoms with E-state index in [1.807, 2.05) is 24.4 Å². The molecule has 0 spiro atoms. The van der Waals surface area contributed by atoms with Crippen molar-refractivity contribution in [2.24, 2.45) is 5.73 Å². The molecule has 0 saturated heterocycles. The van der Waals surface area contributed by atoms with Crippen molar-refractivity contribution in [1.29, 1.82) is 0 Å². The summed E-state index contributed by atoms with van der Waals surface area (Å²) in [6.45, 7) is 0. The van der Waals surface area contributed by atoms with Crippen LogP contribution in [0.3, 0.4) is 0 Å². The van der Waals surface area contributed by atoms with Gasteiger partial charge in [0.15, 0.2) is 0 Å². The molecule has 4 heteroatoms. The predicted molar refractivity (Wildman–Crippen MR) is 67.0 cm³/mol. The Hall–Kier alpha value is -1.55. The summed E-state index contributed by atoms with van der Waals surface area (Å²) in [6.07, 6.45) is 6.44. The van der Waals surface area contributed by atoms with Crippen molar-refractivity contribution in [1.82, 2.24) is 10.2 Å².